The standard InChI is InChI=1S/C17H17ClN4O3S2/c1-22-15(12-6-7-27(23,24)10-12)20-21-17(22)26-9-14-8-25-16(19-14)11-2-4-13(18)5-3-11/h2-5,8,12H,6-7,9-10H2,1H3. The van der Waals surface area contributed by atoms with Crippen LogP contribution < -0.4 is 0 Å². The Balaban J connectivity index is 1.43. The maximum atomic E-state index is 11.7. The Morgan fingerprint density at radius 3 is 2.78 bits per heavy atom. The van der Waals surface area contributed by atoms with Crippen molar-refractivity contribution in [1.82, 2.24) is 19.7 Å². The van der Waals surface area contributed by atoms with E-state index < -0.39 is 9.84 Å². The third-order valence-corrected chi connectivity index (χ3v) is 7.53. The Morgan fingerprint density at radius 2 is 2.07 bits per heavy atom. The highest BCUT2D eigenvalue weighted by Crippen LogP contribution is 2.30. The lowest BCUT2D eigenvalue weighted by atomic mass is 10.1. The minimum atomic E-state index is -2.95. The van der Waals surface area contributed by atoms with E-state index in [-0.39, 0.29) is 17.4 Å². The van der Waals surface area contributed by atoms with Crippen LogP contribution in [0.5, 0.6) is 0 Å². The zero-order valence-corrected chi connectivity index (χ0v) is 16.9. The first-order valence-corrected chi connectivity index (χ1v) is 11.5. The molecular weight excluding hydrogens is 408 g/mol. The summed E-state index contributed by atoms with van der Waals surface area (Å²) in [7, 11) is -1.09. The van der Waals surface area contributed by atoms with E-state index in [1.54, 1.807) is 18.4 Å². The summed E-state index contributed by atoms with van der Waals surface area (Å²) in [4.78, 5) is 4.49. The topological polar surface area (TPSA) is 90.9 Å². The first-order valence-electron chi connectivity index (χ1n) is 8.34. The van der Waals surface area contributed by atoms with E-state index in [1.165, 1.54) is 11.8 Å². The molecule has 27 heavy (non-hydrogen) atoms. The van der Waals surface area contributed by atoms with Gasteiger partial charge in [-0.15, -0.1) is 10.2 Å². The van der Waals surface area contributed by atoms with Crippen LogP contribution in [-0.4, -0.2) is 39.7 Å². The summed E-state index contributed by atoms with van der Waals surface area (Å²) >= 11 is 7.39. The summed E-state index contributed by atoms with van der Waals surface area (Å²) < 4.78 is 30.8. The van der Waals surface area contributed by atoms with Crippen LogP contribution in [0.15, 0.2) is 40.1 Å². The van der Waals surface area contributed by atoms with Crippen LogP contribution in [0.4, 0.5) is 0 Å². The van der Waals surface area contributed by atoms with Gasteiger partial charge in [-0.05, 0) is 30.7 Å². The van der Waals surface area contributed by atoms with Crippen molar-refractivity contribution in [2.45, 2.75) is 23.2 Å². The number of thioether (sulfide) groups is 1. The van der Waals surface area contributed by atoms with Crippen LogP contribution in [0, 0.1) is 0 Å². The fourth-order valence-electron chi connectivity index (χ4n) is 3.04. The van der Waals surface area contributed by atoms with E-state index in [1.807, 2.05) is 23.7 Å². The van der Waals surface area contributed by atoms with Gasteiger partial charge in [0.25, 0.3) is 0 Å². The third kappa shape index (κ3) is 4.04. The Kier molecular flexibility index (Phi) is 5.00. The van der Waals surface area contributed by atoms with Gasteiger partial charge in [-0.1, -0.05) is 23.4 Å². The molecule has 10 heteroatoms. The lowest BCUT2D eigenvalue weighted by molar-refractivity contribution is 0.573. The van der Waals surface area contributed by atoms with Gasteiger partial charge in [-0.25, -0.2) is 13.4 Å². The molecule has 1 atom stereocenters. The lowest BCUT2D eigenvalue weighted by Gasteiger charge is -2.07. The molecule has 3 aromatic rings. The van der Waals surface area contributed by atoms with E-state index in [0.29, 0.717) is 23.1 Å². The molecule has 1 unspecified atom stereocenters. The average Bonchev–Trinajstić information content (AvgIpc) is 3.33. The summed E-state index contributed by atoms with van der Waals surface area (Å²) in [5.41, 5.74) is 1.65. The highest BCUT2D eigenvalue weighted by molar-refractivity contribution is 7.98. The van der Waals surface area contributed by atoms with Crippen LogP contribution in [0.2, 0.25) is 5.02 Å². The van der Waals surface area contributed by atoms with Crippen molar-refractivity contribution in [2.75, 3.05) is 11.5 Å². The first-order chi connectivity index (χ1) is 12.9. The van der Waals surface area contributed by atoms with Crippen LogP contribution >= 0.6 is 23.4 Å². The van der Waals surface area contributed by atoms with Crippen molar-refractivity contribution < 1.29 is 12.8 Å². The largest absolute Gasteiger partial charge is 0.444 e. The van der Waals surface area contributed by atoms with E-state index >= 15 is 0 Å². The number of hydrogen-bond donors (Lipinski definition) is 0. The number of benzene rings is 1. The zero-order chi connectivity index (χ0) is 19.0. The minimum Gasteiger partial charge on any atom is -0.444 e. The summed E-state index contributed by atoms with van der Waals surface area (Å²) in [6.07, 6.45) is 2.23. The molecule has 1 fully saturated rings. The highest BCUT2D eigenvalue weighted by atomic mass is 35.5. The van der Waals surface area contributed by atoms with Crippen LogP contribution in [0.1, 0.15) is 23.9 Å². The van der Waals surface area contributed by atoms with Gasteiger partial charge in [0, 0.05) is 29.3 Å². The number of halogens is 1. The maximum absolute atomic E-state index is 11.7. The molecule has 1 aromatic carbocycles. The number of rotatable bonds is 5. The zero-order valence-electron chi connectivity index (χ0n) is 14.5. The summed E-state index contributed by atoms with van der Waals surface area (Å²) in [6, 6.07) is 7.30. The van der Waals surface area contributed by atoms with Gasteiger partial charge >= 0.3 is 0 Å². The Bertz CT molecular complexity index is 1060. The lowest BCUT2D eigenvalue weighted by Crippen LogP contribution is -2.09. The summed E-state index contributed by atoms with van der Waals surface area (Å²) in [6.45, 7) is 0. The fourth-order valence-corrected chi connectivity index (χ4v) is 5.70. The molecule has 1 aliphatic rings. The number of oxazole rings is 1. The van der Waals surface area contributed by atoms with Crippen LogP contribution in [-0.2, 0) is 22.6 Å². The van der Waals surface area contributed by atoms with Gasteiger partial charge in [0.15, 0.2) is 15.0 Å². The van der Waals surface area contributed by atoms with Crippen molar-refractivity contribution in [3.05, 3.63) is 47.1 Å². The molecular formula is C17H17ClN4O3S2. The molecule has 1 saturated heterocycles. The molecule has 3 heterocycles. The van der Waals surface area contributed by atoms with Crippen LogP contribution in [0.3, 0.4) is 0 Å². The number of nitrogens with zero attached hydrogens (tertiary/aromatic N) is 4. The normalized spacial score (nSPS) is 18.8. The molecule has 0 amide bonds. The van der Waals surface area contributed by atoms with Gasteiger partial charge in [0.1, 0.15) is 12.1 Å². The predicted octanol–water partition coefficient (Wildman–Crippen LogP) is 3.32. The predicted molar refractivity (Wildman–Crippen MR) is 104 cm³/mol. The molecule has 2 aromatic heterocycles. The molecule has 0 aliphatic carbocycles. The van der Waals surface area contributed by atoms with Gasteiger partial charge in [-0.3, -0.25) is 0 Å². The van der Waals surface area contributed by atoms with Gasteiger partial charge in [-0.2, -0.15) is 0 Å². The second kappa shape index (κ2) is 7.29. The highest BCUT2D eigenvalue weighted by Gasteiger charge is 2.32. The van der Waals surface area contributed by atoms with Crippen molar-refractivity contribution in [3.63, 3.8) is 0 Å². The van der Waals surface area contributed by atoms with Gasteiger partial charge in [0.05, 0.1) is 17.2 Å². The van der Waals surface area contributed by atoms with E-state index in [9.17, 15) is 8.42 Å². The molecule has 1 aliphatic heterocycles. The summed E-state index contributed by atoms with van der Waals surface area (Å²) in [5.74, 6) is 2.13. The van der Waals surface area contributed by atoms with Gasteiger partial charge in [0.2, 0.25) is 5.89 Å². The smallest absolute Gasteiger partial charge is 0.226 e. The molecule has 4 rings (SSSR count). The van der Waals surface area contributed by atoms with E-state index in [2.05, 4.69) is 15.2 Å². The monoisotopic (exact) mass is 424 g/mol. The second-order valence-electron chi connectivity index (χ2n) is 6.44. The van der Waals surface area contributed by atoms with Crippen molar-refractivity contribution in [3.8, 4) is 11.5 Å². The Hall–Kier alpha value is -1.84. The van der Waals surface area contributed by atoms with Crippen molar-refractivity contribution in [1.29, 1.82) is 0 Å². The molecule has 0 spiro atoms. The molecule has 7 nitrogen and oxygen atoms in total. The molecule has 0 bridgehead atoms. The number of aromatic nitrogens is 4. The van der Waals surface area contributed by atoms with Crippen molar-refractivity contribution in [2.24, 2.45) is 7.05 Å². The minimum absolute atomic E-state index is 0.0783. The fraction of sp³-hybridized carbons (Fsp3) is 0.353. The first kappa shape index (κ1) is 18.5. The molecule has 0 radical (unpaired) electrons. The number of hydrogen-bond acceptors (Lipinski definition) is 7. The van der Waals surface area contributed by atoms with E-state index in [4.69, 9.17) is 16.0 Å². The van der Waals surface area contributed by atoms with E-state index in [0.717, 1.165) is 22.2 Å². The molecule has 0 saturated carbocycles. The quantitative estimate of drug-likeness (QED) is 0.580. The molecule has 0 N–H and O–H groups in total. The molecule has 142 valence electrons. The maximum Gasteiger partial charge on any atom is 0.226 e. The van der Waals surface area contributed by atoms with Gasteiger partial charge < -0.3 is 8.98 Å². The average molecular weight is 425 g/mol. The SMILES string of the molecule is Cn1c(SCc2coc(-c3ccc(Cl)cc3)n2)nnc1C1CCS(=O)(=O)C1. The van der Waals surface area contributed by atoms with Crippen molar-refractivity contribution >= 4 is 33.2 Å². The van der Waals surface area contributed by atoms with Crippen LogP contribution in [0.25, 0.3) is 11.5 Å². The number of sulfone groups is 1. The second-order valence-corrected chi connectivity index (χ2v) is 10.0. The Labute approximate surface area is 166 Å². The third-order valence-electron chi connectivity index (χ3n) is 4.46. The summed E-state index contributed by atoms with van der Waals surface area (Å²) in [5, 5.41) is 9.80. The Morgan fingerprint density at radius 1 is 1.30 bits per heavy atom.